The highest BCUT2D eigenvalue weighted by Crippen LogP contribution is 2.44. The number of para-hydroxylation sites is 1. The zero-order valence-corrected chi connectivity index (χ0v) is 69.1. The van der Waals surface area contributed by atoms with Crippen molar-refractivity contribution in [2.75, 3.05) is 26.2 Å². The van der Waals surface area contributed by atoms with E-state index in [0.29, 0.717) is 120 Å². The first-order chi connectivity index (χ1) is 58.8. The third-order valence-corrected chi connectivity index (χ3v) is 24.3. The lowest BCUT2D eigenvalue weighted by Gasteiger charge is -2.49. The topological polar surface area (TPSA) is 326 Å². The van der Waals surface area contributed by atoms with E-state index >= 15 is 0 Å². The van der Waals surface area contributed by atoms with Crippen molar-refractivity contribution in [3.05, 3.63) is 249 Å². The molecular weight excluding hydrogens is 1630 g/mol. The van der Waals surface area contributed by atoms with Gasteiger partial charge in [0, 0.05) is 105 Å². The molecule has 0 spiro atoms. The maximum Gasteiger partial charge on any atom is 0.275 e. The summed E-state index contributed by atoms with van der Waals surface area (Å²) < 4.78 is 39.3. The van der Waals surface area contributed by atoms with E-state index in [1.165, 1.54) is 40.3 Å². The summed E-state index contributed by atoms with van der Waals surface area (Å²) in [6.07, 6.45) is 31.5. The molecule has 11 aromatic heterocycles. The molecule has 12 aliphatic rings. The van der Waals surface area contributed by atoms with Crippen LogP contribution in [0.15, 0.2) is 184 Å². The van der Waals surface area contributed by atoms with Crippen molar-refractivity contribution in [2.24, 2.45) is 23.7 Å². The molecule has 4 saturated carbocycles. The van der Waals surface area contributed by atoms with Gasteiger partial charge in [-0.3, -0.25) is 19.2 Å². The predicted molar refractivity (Wildman–Crippen MR) is 442 cm³/mol. The van der Waals surface area contributed by atoms with Gasteiger partial charge in [0.1, 0.15) is 41.5 Å². The second-order valence-electron chi connectivity index (χ2n) is 31.4. The smallest absolute Gasteiger partial charge is 0.275 e. The minimum atomic E-state index is -0.544. The minimum absolute atomic E-state index is 0.0131. The van der Waals surface area contributed by atoms with Crippen molar-refractivity contribution in [3.8, 4) is 52.2 Å². The number of fused-ring (bicyclic) bond motifs is 12. The number of halogens is 5. The largest absolute Gasteiger partial charge is 0.472 e. The van der Waals surface area contributed by atoms with Crippen molar-refractivity contribution < 1.29 is 42.5 Å². The number of amides is 4. The zero-order valence-electron chi connectivity index (χ0n) is 66.1. The van der Waals surface area contributed by atoms with E-state index in [2.05, 4.69) is 75.4 Å². The summed E-state index contributed by atoms with van der Waals surface area (Å²) in [5, 5.41) is 26.9. The molecule has 12 atom stereocenters. The Bertz CT molecular complexity index is 5350. The summed E-state index contributed by atoms with van der Waals surface area (Å²) in [4.78, 5) is 105. The number of piperidine rings is 8. The van der Waals surface area contributed by atoms with Crippen LogP contribution in [0.1, 0.15) is 136 Å². The molecule has 4 aliphatic carbocycles. The number of aromatic nitrogens is 18. The Balaban J connectivity index is 0.000000115. The first-order valence-corrected chi connectivity index (χ1v) is 41.8. The van der Waals surface area contributed by atoms with Gasteiger partial charge in [0.25, 0.3) is 23.6 Å². The number of aryl methyl sites for hydroxylation is 3. The lowest BCUT2D eigenvalue weighted by atomic mass is 9.77. The Kier molecular flexibility index (Phi) is 24.3. The lowest BCUT2D eigenvalue weighted by molar-refractivity contribution is -0.0316. The van der Waals surface area contributed by atoms with E-state index < -0.39 is 5.82 Å². The van der Waals surface area contributed by atoms with Gasteiger partial charge in [-0.05, 0) is 200 Å². The van der Waals surface area contributed by atoms with Crippen LogP contribution in [0.25, 0.3) is 28.7 Å². The van der Waals surface area contributed by atoms with Crippen LogP contribution in [-0.2, 0) is 0 Å². The molecule has 0 N–H and O–H groups in total. The van der Waals surface area contributed by atoms with Crippen molar-refractivity contribution >= 4 is 70.0 Å². The Morgan fingerprint density at radius 1 is 0.380 bits per heavy atom. The number of rotatable bonds is 16. The van der Waals surface area contributed by atoms with Crippen LogP contribution in [0, 0.1) is 50.3 Å². The fourth-order valence-corrected chi connectivity index (χ4v) is 18.3. The molecule has 12 fully saturated rings. The minimum Gasteiger partial charge on any atom is -0.472 e. The Labute approximate surface area is 715 Å². The van der Waals surface area contributed by atoms with Crippen molar-refractivity contribution in [3.63, 3.8) is 0 Å². The number of nitrogens with zero attached hydrogens (tertiary/aromatic N) is 22. The van der Waals surface area contributed by atoms with Crippen LogP contribution >= 0.6 is 46.4 Å². The van der Waals surface area contributed by atoms with E-state index in [4.69, 9.17) is 65.4 Å². The molecule has 24 rings (SSSR count). The van der Waals surface area contributed by atoms with Gasteiger partial charge < -0.3 is 38.5 Å². The number of hydrogen-bond donors (Lipinski definition) is 0. The Hall–Kier alpha value is -12.1. The summed E-state index contributed by atoms with van der Waals surface area (Å²) >= 11 is 23.7. The molecule has 8 aliphatic heterocycles. The average Bonchev–Trinajstić information content (AvgIpc) is 0.838. The summed E-state index contributed by atoms with van der Waals surface area (Å²) in [6, 6.07) is 29.3. The number of benzene rings is 1. The van der Waals surface area contributed by atoms with Crippen molar-refractivity contribution in [1.29, 1.82) is 0 Å². The number of carbonyl (C=O) groups excluding carboxylic acids is 4. The first-order valence-electron chi connectivity index (χ1n) is 40.3. The van der Waals surface area contributed by atoms with Gasteiger partial charge in [0.05, 0.1) is 98.1 Å². The maximum atomic E-state index is 14.6. The molecule has 19 heterocycles. The Morgan fingerprint density at radius 2 is 0.777 bits per heavy atom. The molecule has 12 aromatic rings. The molecule has 0 radical (unpaired) electrons. The van der Waals surface area contributed by atoms with Crippen LogP contribution in [0.2, 0.25) is 20.1 Å². The van der Waals surface area contributed by atoms with Gasteiger partial charge >= 0.3 is 0 Å². The molecule has 1 aromatic carbocycles. The summed E-state index contributed by atoms with van der Waals surface area (Å²) in [6.45, 7) is 8.46. The number of pyridine rings is 7. The van der Waals surface area contributed by atoms with E-state index in [1.807, 2.05) is 65.8 Å². The second-order valence-corrected chi connectivity index (χ2v) is 33.2. The normalized spacial score (nSPS) is 22.7. The van der Waals surface area contributed by atoms with E-state index in [0.717, 1.165) is 112 Å². The second kappa shape index (κ2) is 36.1. The highest BCUT2D eigenvalue weighted by atomic mass is 35.5. The van der Waals surface area contributed by atoms with Gasteiger partial charge in [0.2, 0.25) is 23.5 Å². The SMILES string of the molecule is Cc1ccc(-n2nccn2)c(C(=O)N2CC3CCC2C(Oc2ccc(Cl)cn2)C3)n1.Cc1ccc(C(=O)N2CC3CCC2C(Oc2ccc(Cl)cn2)C3)c(-c2ncccn2)n1.Cc1cnc(-n2nccn2)c(C(=O)N2CC3CCC2C(Oc2ccc(Cl)cn2)C3)c1.O=C(c1cccc(F)c1-n1nccn1)N1CC2CCC1C(Oc1ccc(Cl)cn1)C2. The van der Waals surface area contributed by atoms with Crippen LogP contribution in [0.5, 0.6) is 23.5 Å². The van der Waals surface area contributed by atoms with Gasteiger partial charge in [-0.15, -0.1) is 14.4 Å². The molecule has 620 valence electrons. The number of ether oxygens (including phenoxy) is 4. The van der Waals surface area contributed by atoms with Gasteiger partial charge in [-0.25, -0.2) is 49.2 Å². The monoisotopic (exact) mass is 1710 g/mol. The maximum absolute atomic E-state index is 14.6. The standard InChI is InChI=1S/C23H22ClN5O2.C21H19ClFN5O2.2C21H21ClN6O2/c1-14-3-6-17(21(28-14)22-25-9-2-10-26-22)23(30)29-13-15-4-7-18(29)19(11-15)31-20-8-5-16(24)12-27-20;22-14-5-7-19(24-11-14)30-18-10-13-4-6-17(18)27(12-13)21(29)15-2-1-3-16(23)20(15)28-25-8-9-26-28;1-13-2-5-17(28-24-8-9-25-28)20(26-13)21(29)27-12-14-3-6-16(27)18(10-14)30-19-7-4-15(22)11-23-19;1-13-8-16(20(24-10-13)28-25-6-7-26-28)21(29)27-12-14-2-4-17(27)18(9-14)30-19-5-3-15(22)11-23-19/h2-3,5-6,8-10,12,15,18-19H,4,7,11,13H2,1H3;1-3,5,7-9,11,13,17-18H,4,6,10,12H2;2,4-5,7-9,11,14,16,18H,3,6,10,12H2,1H3;3,5-8,10-11,14,17-18H,2,4,9,12H2,1H3. The fraction of sp³-hybridized carbons (Fsp3) is 0.360. The quantitative estimate of drug-likeness (QED) is 0.0867. The van der Waals surface area contributed by atoms with Crippen LogP contribution in [0.4, 0.5) is 4.39 Å². The molecule has 35 heteroatoms. The van der Waals surface area contributed by atoms with Crippen LogP contribution in [-0.4, -0.2) is 208 Å². The molecule has 4 amide bonds. The molecular formula is C86H83Cl4FN22O8. The highest BCUT2D eigenvalue weighted by molar-refractivity contribution is 6.31. The van der Waals surface area contributed by atoms with Gasteiger partial charge in [-0.1, -0.05) is 52.5 Å². The van der Waals surface area contributed by atoms with Crippen LogP contribution < -0.4 is 18.9 Å². The van der Waals surface area contributed by atoms with E-state index in [1.54, 1.807) is 128 Å². The fourth-order valence-electron chi connectivity index (χ4n) is 17.9. The summed E-state index contributed by atoms with van der Waals surface area (Å²) in [5.74, 6) is 3.48. The molecule has 8 bridgehead atoms. The van der Waals surface area contributed by atoms with Gasteiger partial charge in [0.15, 0.2) is 23.2 Å². The molecule has 8 saturated heterocycles. The van der Waals surface area contributed by atoms with E-state index in [-0.39, 0.29) is 83.5 Å². The van der Waals surface area contributed by atoms with Gasteiger partial charge in [-0.2, -0.15) is 30.6 Å². The number of carbonyl (C=O) groups is 4. The summed E-state index contributed by atoms with van der Waals surface area (Å²) in [5.41, 5.74) is 5.28. The summed E-state index contributed by atoms with van der Waals surface area (Å²) in [7, 11) is 0. The number of hydrogen-bond acceptors (Lipinski definition) is 23. The van der Waals surface area contributed by atoms with E-state index in [9.17, 15) is 23.6 Å². The van der Waals surface area contributed by atoms with Crippen molar-refractivity contribution in [1.82, 2.24) is 109 Å². The Morgan fingerprint density at radius 3 is 1.21 bits per heavy atom. The average molecular weight is 1710 g/mol. The lowest BCUT2D eigenvalue weighted by Crippen LogP contribution is -2.59. The highest BCUT2D eigenvalue weighted by Gasteiger charge is 2.50. The molecule has 30 nitrogen and oxygen atoms in total. The first kappa shape index (κ1) is 81.3. The molecule has 121 heavy (non-hydrogen) atoms. The van der Waals surface area contributed by atoms with Crippen molar-refractivity contribution in [2.45, 2.75) is 146 Å². The zero-order chi connectivity index (χ0) is 83.4. The third-order valence-electron chi connectivity index (χ3n) is 23.4. The molecule has 12 unspecified atom stereocenters. The third kappa shape index (κ3) is 18.2. The van der Waals surface area contributed by atoms with Crippen LogP contribution in [0.3, 0.4) is 0 Å². The predicted octanol–water partition coefficient (Wildman–Crippen LogP) is 13.7.